The lowest BCUT2D eigenvalue weighted by Crippen LogP contribution is -2.16. The van der Waals surface area contributed by atoms with Gasteiger partial charge in [-0.25, -0.2) is 0 Å². The summed E-state index contributed by atoms with van der Waals surface area (Å²) in [5, 5.41) is 11.0. The molecule has 4 rings (SSSR count). The van der Waals surface area contributed by atoms with Crippen LogP contribution in [0, 0.1) is 0 Å². The molecule has 0 atom stereocenters. The van der Waals surface area contributed by atoms with Crippen LogP contribution in [0.4, 0.5) is 0 Å². The summed E-state index contributed by atoms with van der Waals surface area (Å²) in [7, 11) is 0. The Morgan fingerprint density at radius 1 is 0.960 bits per heavy atom. The van der Waals surface area contributed by atoms with Gasteiger partial charge >= 0.3 is 0 Å². The monoisotopic (exact) mass is 346 g/mol. The molecule has 0 unspecified atom stereocenters. The molecule has 0 aromatic heterocycles. The third kappa shape index (κ3) is 2.86. The Balaban J connectivity index is 1.82. The Morgan fingerprint density at radius 2 is 1.72 bits per heavy atom. The molecule has 0 saturated carbocycles. The molecule has 1 aliphatic carbocycles. The van der Waals surface area contributed by atoms with Crippen molar-refractivity contribution in [1.82, 2.24) is 0 Å². The zero-order valence-electron chi connectivity index (χ0n) is 13.4. The lowest BCUT2D eigenvalue weighted by molar-refractivity contribution is 0.103. The molecule has 0 radical (unpaired) electrons. The highest BCUT2D eigenvalue weighted by atomic mass is 35.5. The molecular formula is C22H15ClO2. The lowest BCUT2D eigenvalue weighted by atomic mass is 9.82. The Bertz CT molecular complexity index is 1020. The lowest BCUT2D eigenvalue weighted by Gasteiger charge is -2.20. The van der Waals surface area contributed by atoms with E-state index >= 15 is 0 Å². The van der Waals surface area contributed by atoms with Crippen LogP contribution in [-0.4, -0.2) is 10.9 Å². The van der Waals surface area contributed by atoms with Gasteiger partial charge in [0, 0.05) is 21.7 Å². The molecule has 25 heavy (non-hydrogen) atoms. The van der Waals surface area contributed by atoms with Crippen molar-refractivity contribution >= 4 is 29.2 Å². The Hall–Kier alpha value is -2.84. The molecule has 3 aromatic rings. The summed E-state index contributed by atoms with van der Waals surface area (Å²) in [6.07, 6.45) is 2.35. The van der Waals surface area contributed by atoms with Crippen LogP contribution in [0.15, 0.2) is 66.7 Å². The van der Waals surface area contributed by atoms with Gasteiger partial charge in [-0.1, -0.05) is 66.2 Å². The zero-order valence-corrected chi connectivity index (χ0v) is 14.1. The number of hydrogen-bond donors (Lipinski definition) is 1. The van der Waals surface area contributed by atoms with Crippen LogP contribution in [0.3, 0.4) is 0 Å². The van der Waals surface area contributed by atoms with Crippen LogP contribution < -0.4 is 0 Å². The van der Waals surface area contributed by atoms with Crippen LogP contribution in [-0.2, 0) is 6.42 Å². The number of hydrogen-bond acceptors (Lipinski definition) is 2. The van der Waals surface area contributed by atoms with E-state index in [1.165, 1.54) is 0 Å². The fourth-order valence-electron chi connectivity index (χ4n) is 3.28. The minimum Gasteiger partial charge on any atom is -0.507 e. The van der Waals surface area contributed by atoms with E-state index in [1.807, 2.05) is 42.5 Å². The van der Waals surface area contributed by atoms with E-state index in [-0.39, 0.29) is 11.5 Å². The topological polar surface area (TPSA) is 37.3 Å². The number of halogens is 1. The first-order valence-corrected chi connectivity index (χ1v) is 8.42. The van der Waals surface area contributed by atoms with Crippen LogP contribution in [0.2, 0.25) is 5.02 Å². The van der Waals surface area contributed by atoms with Gasteiger partial charge in [-0.3, -0.25) is 4.79 Å². The summed E-state index contributed by atoms with van der Waals surface area (Å²) >= 11 is 5.99. The molecule has 3 heteroatoms. The smallest absolute Gasteiger partial charge is 0.194 e. The van der Waals surface area contributed by atoms with Gasteiger partial charge in [0.2, 0.25) is 0 Å². The second-order valence-electron chi connectivity index (χ2n) is 6.08. The molecule has 0 aliphatic heterocycles. The number of carbonyl (C=O) groups is 1. The van der Waals surface area contributed by atoms with Gasteiger partial charge in [-0.2, -0.15) is 0 Å². The maximum atomic E-state index is 13.0. The van der Waals surface area contributed by atoms with Gasteiger partial charge < -0.3 is 5.11 Å². The standard InChI is InChI=1S/C22H15ClO2/c23-18-9-4-6-15(12-18)20(24)13-17-8-3-7-16-11-14-5-1-2-10-19(14)22(25)21(16)17/h1-10,12-13,24H,11H2. The number of fused-ring (bicyclic) bond motifs is 2. The van der Waals surface area contributed by atoms with Gasteiger partial charge in [0.25, 0.3) is 0 Å². The minimum absolute atomic E-state index is 0.00240. The predicted octanol–water partition coefficient (Wildman–Crippen LogP) is 5.53. The molecule has 0 bridgehead atoms. The van der Waals surface area contributed by atoms with Crippen molar-refractivity contribution < 1.29 is 9.90 Å². The molecule has 122 valence electrons. The van der Waals surface area contributed by atoms with E-state index in [2.05, 4.69) is 0 Å². The fraction of sp³-hybridized carbons (Fsp3) is 0.0455. The van der Waals surface area contributed by atoms with Crippen molar-refractivity contribution in [3.8, 4) is 0 Å². The highest BCUT2D eigenvalue weighted by Gasteiger charge is 2.24. The molecular weight excluding hydrogens is 332 g/mol. The Labute approximate surface area is 151 Å². The average Bonchev–Trinajstić information content (AvgIpc) is 2.62. The second-order valence-corrected chi connectivity index (χ2v) is 6.52. The number of aliphatic hydroxyl groups excluding tert-OH is 1. The van der Waals surface area contributed by atoms with Gasteiger partial charge in [0.1, 0.15) is 5.76 Å². The van der Waals surface area contributed by atoms with Gasteiger partial charge in [0.15, 0.2) is 5.78 Å². The van der Waals surface area contributed by atoms with Crippen LogP contribution in [0.1, 0.15) is 38.2 Å². The first-order chi connectivity index (χ1) is 12.1. The molecule has 0 amide bonds. The van der Waals surface area contributed by atoms with Crippen LogP contribution in [0.25, 0.3) is 11.8 Å². The molecule has 2 nitrogen and oxygen atoms in total. The number of ketones is 1. The Morgan fingerprint density at radius 3 is 2.56 bits per heavy atom. The molecule has 0 heterocycles. The molecule has 0 saturated heterocycles. The minimum atomic E-state index is 0.00240. The largest absolute Gasteiger partial charge is 0.507 e. The molecule has 0 fully saturated rings. The van der Waals surface area contributed by atoms with Crippen molar-refractivity contribution in [3.05, 3.63) is 105 Å². The number of benzene rings is 3. The maximum absolute atomic E-state index is 13.0. The number of aliphatic hydroxyl groups is 1. The molecule has 1 N–H and O–H groups in total. The fourth-order valence-corrected chi connectivity index (χ4v) is 3.47. The van der Waals surface area contributed by atoms with Gasteiger partial charge in [0.05, 0.1) is 0 Å². The summed E-state index contributed by atoms with van der Waals surface area (Å²) in [4.78, 5) is 13.0. The first-order valence-electron chi connectivity index (χ1n) is 8.04. The van der Waals surface area contributed by atoms with E-state index in [9.17, 15) is 9.90 Å². The number of rotatable bonds is 2. The second kappa shape index (κ2) is 6.23. The Kier molecular flexibility index (Phi) is 3.90. The summed E-state index contributed by atoms with van der Waals surface area (Å²) < 4.78 is 0. The zero-order chi connectivity index (χ0) is 17.4. The van der Waals surface area contributed by atoms with E-state index in [0.29, 0.717) is 16.1 Å². The van der Waals surface area contributed by atoms with E-state index in [4.69, 9.17) is 11.6 Å². The predicted molar refractivity (Wildman–Crippen MR) is 101 cm³/mol. The summed E-state index contributed by atoms with van der Waals surface area (Å²) in [5.41, 5.74) is 4.76. The number of carbonyl (C=O) groups excluding carboxylic acids is 1. The highest BCUT2D eigenvalue weighted by molar-refractivity contribution is 6.30. The van der Waals surface area contributed by atoms with Crippen molar-refractivity contribution in [2.45, 2.75) is 6.42 Å². The van der Waals surface area contributed by atoms with Crippen molar-refractivity contribution in [2.24, 2.45) is 0 Å². The van der Waals surface area contributed by atoms with Crippen molar-refractivity contribution in [1.29, 1.82) is 0 Å². The quantitative estimate of drug-likeness (QED) is 0.382. The first kappa shape index (κ1) is 15.7. The molecule has 1 aliphatic rings. The van der Waals surface area contributed by atoms with E-state index < -0.39 is 0 Å². The summed E-state index contributed by atoms with van der Waals surface area (Å²) in [6.45, 7) is 0. The van der Waals surface area contributed by atoms with Crippen LogP contribution in [0.5, 0.6) is 0 Å². The van der Waals surface area contributed by atoms with Crippen molar-refractivity contribution in [2.75, 3.05) is 0 Å². The summed E-state index contributed by atoms with van der Waals surface area (Å²) in [6, 6.07) is 20.4. The molecule has 0 spiro atoms. The SMILES string of the molecule is O=C1c2ccccc2Cc2cccc(C=C(O)c3cccc(Cl)c3)c21. The third-order valence-corrected chi connectivity index (χ3v) is 4.70. The van der Waals surface area contributed by atoms with Gasteiger partial charge in [-0.15, -0.1) is 0 Å². The van der Waals surface area contributed by atoms with Crippen molar-refractivity contribution in [3.63, 3.8) is 0 Å². The summed E-state index contributed by atoms with van der Waals surface area (Å²) in [5.74, 6) is 0.0881. The average molecular weight is 347 g/mol. The normalized spacial score (nSPS) is 13.3. The van der Waals surface area contributed by atoms with Crippen LogP contribution >= 0.6 is 11.6 Å². The van der Waals surface area contributed by atoms with E-state index in [1.54, 1.807) is 30.3 Å². The molecule has 3 aromatic carbocycles. The van der Waals surface area contributed by atoms with Gasteiger partial charge in [-0.05, 0) is 41.3 Å². The maximum Gasteiger partial charge on any atom is 0.194 e. The third-order valence-electron chi connectivity index (χ3n) is 4.47. The highest BCUT2D eigenvalue weighted by Crippen LogP contribution is 2.31. The van der Waals surface area contributed by atoms with E-state index in [0.717, 1.165) is 28.7 Å².